The van der Waals surface area contributed by atoms with Gasteiger partial charge < -0.3 is 9.73 Å². The van der Waals surface area contributed by atoms with Crippen molar-refractivity contribution < 1.29 is 9.34 Å². The van der Waals surface area contributed by atoms with E-state index in [1.165, 1.54) is 0 Å². The molecule has 0 fully saturated rings. The Morgan fingerprint density at radius 2 is 2.22 bits per heavy atom. The molecule has 18 heavy (non-hydrogen) atoms. The first-order valence-electron chi connectivity index (χ1n) is 5.74. The molecule has 5 nitrogen and oxygen atoms in total. The average molecular weight is 246 g/mol. The van der Waals surface area contributed by atoms with Gasteiger partial charge in [-0.2, -0.15) is 0 Å². The number of furan rings is 1. The molecule has 0 radical (unpaired) electrons. The van der Waals surface area contributed by atoms with Gasteiger partial charge in [-0.25, -0.2) is 0 Å². The first-order chi connectivity index (χ1) is 8.70. The zero-order valence-electron chi connectivity index (χ0n) is 10.1. The van der Waals surface area contributed by atoms with Crippen molar-refractivity contribution in [3.63, 3.8) is 0 Å². The zero-order valence-corrected chi connectivity index (χ0v) is 10.1. The second-order valence-electron chi connectivity index (χ2n) is 3.90. The Labute approximate surface area is 105 Å². The van der Waals surface area contributed by atoms with E-state index in [-0.39, 0.29) is 10.6 Å². The van der Waals surface area contributed by atoms with Gasteiger partial charge in [0, 0.05) is 6.07 Å². The Morgan fingerprint density at radius 1 is 1.39 bits per heavy atom. The maximum atomic E-state index is 11.0. The number of nitro benzene ring substituents is 1. The highest BCUT2D eigenvalue weighted by Crippen LogP contribution is 2.26. The highest BCUT2D eigenvalue weighted by molar-refractivity contribution is 5.62. The first kappa shape index (κ1) is 12.2. The van der Waals surface area contributed by atoms with Gasteiger partial charge in [0.15, 0.2) is 0 Å². The minimum absolute atomic E-state index is 0.0981. The second kappa shape index (κ2) is 5.35. The summed E-state index contributed by atoms with van der Waals surface area (Å²) in [6.07, 6.45) is 2.35. The summed E-state index contributed by atoms with van der Waals surface area (Å²) >= 11 is 0. The summed E-state index contributed by atoms with van der Waals surface area (Å²) in [4.78, 5) is 10.6. The molecule has 0 aliphatic carbocycles. The molecule has 0 amide bonds. The average Bonchev–Trinajstić information content (AvgIpc) is 2.89. The van der Waals surface area contributed by atoms with Gasteiger partial charge in [-0.05, 0) is 30.2 Å². The number of nitrogens with one attached hydrogen (secondary N) is 1. The largest absolute Gasteiger partial charge is 0.467 e. The monoisotopic (exact) mass is 246 g/mol. The lowest BCUT2D eigenvalue weighted by molar-refractivity contribution is -0.384. The van der Waals surface area contributed by atoms with Gasteiger partial charge in [0.25, 0.3) is 5.69 Å². The van der Waals surface area contributed by atoms with E-state index in [4.69, 9.17) is 4.42 Å². The van der Waals surface area contributed by atoms with E-state index in [0.717, 1.165) is 17.7 Å². The van der Waals surface area contributed by atoms with Crippen LogP contribution in [0.5, 0.6) is 0 Å². The third-order valence-electron chi connectivity index (χ3n) is 2.70. The molecular formula is C13H14N2O3. The fourth-order valence-electron chi connectivity index (χ4n) is 1.69. The number of aryl methyl sites for hydroxylation is 1. The molecule has 1 aromatic heterocycles. The number of nitro groups is 1. The lowest BCUT2D eigenvalue weighted by atomic mass is 10.1. The molecule has 0 saturated heterocycles. The smallest absolute Gasteiger partial charge is 0.292 e. The maximum Gasteiger partial charge on any atom is 0.292 e. The molecule has 0 aliphatic rings. The minimum atomic E-state index is -0.371. The Hall–Kier alpha value is -2.30. The van der Waals surface area contributed by atoms with E-state index < -0.39 is 0 Å². The highest BCUT2D eigenvalue weighted by Gasteiger charge is 2.14. The lowest BCUT2D eigenvalue weighted by Crippen LogP contribution is -2.02. The molecule has 1 N–H and O–H groups in total. The van der Waals surface area contributed by atoms with Crippen LogP contribution in [0.3, 0.4) is 0 Å². The number of anilines is 1. The van der Waals surface area contributed by atoms with E-state index in [0.29, 0.717) is 12.2 Å². The summed E-state index contributed by atoms with van der Waals surface area (Å²) in [7, 11) is 0. The van der Waals surface area contributed by atoms with Crippen LogP contribution in [0.1, 0.15) is 18.2 Å². The van der Waals surface area contributed by atoms with E-state index >= 15 is 0 Å². The topological polar surface area (TPSA) is 68.3 Å². The van der Waals surface area contributed by atoms with Crippen LogP contribution in [0.4, 0.5) is 11.4 Å². The molecule has 5 heteroatoms. The molecule has 0 saturated carbocycles. The molecule has 2 rings (SSSR count). The van der Waals surface area contributed by atoms with Crippen molar-refractivity contribution in [3.05, 3.63) is 58.0 Å². The fourth-order valence-corrected chi connectivity index (χ4v) is 1.69. The van der Waals surface area contributed by atoms with Gasteiger partial charge in [0.2, 0.25) is 0 Å². The molecule has 94 valence electrons. The summed E-state index contributed by atoms with van der Waals surface area (Å²) < 4.78 is 5.17. The number of nitrogens with zero attached hydrogens (tertiary/aromatic N) is 1. The normalized spacial score (nSPS) is 10.3. The molecule has 1 heterocycles. The lowest BCUT2D eigenvalue weighted by Gasteiger charge is -2.06. The van der Waals surface area contributed by atoms with Crippen LogP contribution in [0.2, 0.25) is 0 Å². The molecular weight excluding hydrogens is 232 g/mol. The van der Waals surface area contributed by atoms with Crippen molar-refractivity contribution in [1.29, 1.82) is 0 Å². The fraction of sp³-hybridized carbons (Fsp3) is 0.231. The standard InChI is InChI=1S/C13H14N2O3/c1-2-10-5-6-12(13(8-10)15(16)17)14-9-11-4-3-7-18-11/h3-8,14H,2,9H2,1H3. The molecule has 0 bridgehead atoms. The Morgan fingerprint density at radius 3 is 2.83 bits per heavy atom. The van der Waals surface area contributed by atoms with Crippen LogP contribution < -0.4 is 5.32 Å². The Bertz CT molecular complexity index is 535. The predicted molar refractivity (Wildman–Crippen MR) is 68.5 cm³/mol. The number of hydrogen-bond donors (Lipinski definition) is 1. The van der Waals surface area contributed by atoms with Gasteiger partial charge in [0.05, 0.1) is 17.7 Å². The molecule has 2 aromatic rings. The number of rotatable bonds is 5. The summed E-state index contributed by atoms with van der Waals surface area (Å²) in [5, 5.41) is 14.0. The van der Waals surface area contributed by atoms with E-state index in [2.05, 4.69) is 5.32 Å². The van der Waals surface area contributed by atoms with Crippen molar-refractivity contribution in [2.24, 2.45) is 0 Å². The predicted octanol–water partition coefficient (Wildman–Crippen LogP) is 3.36. The summed E-state index contributed by atoms with van der Waals surface area (Å²) in [5.74, 6) is 0.740. The first-order valence-corrected chi connectivity index (χ1v) is 5.74. The van der Waals surface area contributed by atoms with Crippen LogP contribution in [0.25, 0.3) is 0 Å². The van der Waals surface area contributed by atoms with Crippen LogP contribution in [-0.4, -0.2) is 4.92 Å². The third kappa shape index (κ3) is 2.68. The van der Waals surface area contributed by atoms with Gasteiger partial charge in [-0.3, -0.25) is 10.1 Å². The van der Waals surface area contributed by atoms with Gasteiger partial charge in [-0.1, -0.05) is 13.0 Å². The minimum Gasteiger partial charge on any atom is -0.467 e. The Kier molecular flexibility index (Phi) is 3.62. The quantitative estimate of drug-likeness (QED) is 0.648. The summed E-state index contributed by atoms with van der Waals surface area (Å²) in [5.41, 5.74) is 1.56. The van der Waals surface area contributed by atoms with Gasteiger partial charge in [0.1, 0.15) is 11.4 Å². The van der Waals surface area contributed by atoms with Crippen molar-refractivity contribution in [1.82, 2.24) is 0 Å². The van der Waals surface area contributed by atoms with Crippen LogP contribution in [0, 0.1) is 10.1 Å². The van der Waals surface area contributed by atoms with Crippen molar-refractivity contribution in [2.45, 2.75) is 19.9 Å². The highest BCUT2D eigenvalue weighted by atomic mass is 16.6. The molecule has 0 atom stereocenters. The summed E-state index contributed by atoms with van der Waals surface area (Å²) in [6.45, 7) is 2.40. The van der Waals surface area contributed by atoms with Crippen LogP contribution in [-0.2, 0) is 13.0 Å². The molecule has 1 aromatic carbocycles. The molecule has 0 unspecified atom stereocenters. The third-order valence-corrected chi connectivity index (χ3v) is 2.70. The molecule has 0 spiro atoms. The maximum absolute atomic E-state index is 11.0. The van der Waals surface area contributed by atoms with Crippen LogP contribution >= 0.6 is 0 Å². The zero-order chi connectivity index (χ0) is 13.0. The SMILES string of the molecule is CCc1ccc(NCc2ccco2)c([N+](=O)[O-])c1. The van der Waals surface area contributed by atoms with E-state index in [9.17, 15) is 10.1 Å². The van der Waals surface area contributed by atoms with Crippen molar-refractivity contribution in [3.8, 4) is 0 Å². The Balaban J connectivity index is 2.18. The second-order valence-corrected chi connectivity index (χ2v) is 3.90. The van der Waals surface area contributed by atoms with Gasteiger partial charge >= 0.3 is 0 Å². The molecule has 0 aliphatic heterocycles. The number of benzene rings is 1. The van der Waals surface area contributed by atoms with Crippen molar-refractivity contribution in [2.75, 3.05) is 5.32 Å². The van der Waals surface area contributed by atoms with Crippen molar-refractivity contribution >= 4 is 11.4 Å². The van der Waals surface area contributed by atoms with Crippen LogP contribution in [0.15, 0.2) is 41.0 Å². The summed E-state index contributed by atoms with van der Waals surface area (Å²) in [6, 6.07) is 8.83. The van der Waals surface area contributed by atoms with E-state index in [1.54, 1.807) is 24.5 Å². The van der Waals surface area contributed by atoms with E-state index in [1.807, 2.05) is 19.1 Å². The number of hydrogen-bond acceptors (Lipinski definition) is 4. The van der Waals surface area contributed by atoms with Gasteiger partial charge in [-0.15, -0.1) is 0 Å².